The van der Waals surface area contributed by atoms with Crippen molar-refractivity contribution in [2.45, 2.75) is 32.7 Å². The van der Waals surface area contributed by atoms with Gasteiger partial charge in [0.25, 0.3) is 5.91 Å². The summed E-state index contributed by atoms with van der Waals surface area (Å²) < 4.78 is 12.7. The number of hydrogen-bond donors (Lipinski definition) is 0. The zero-order valence-electron chi connectivity index (χ0n) is 19.4. The SMILES string of the molecule is Cc1nn(-c2ccccc2)c(C)c1CC(=O)OCC(=O)N1N=C(c2cccs2)CC1c1ccco1. The Kier molecular flexibility index (Phi) is 6.33. The average molecular weight is 489 g/mol. The first-order valence-electron chi connectivity index (χ1n) is 11.2. The van der Waals surface area contributed by atoms with Crippen LogP contribution in [0.3, 0.4) is 0 Å². The van der Waals surface area contributed by atoms with Gasteiger partial charge in [-0.25, -0.2) is 9.69 Å². The fourth-order valence-electron chi connectivity index (χ4n) is 4.19. The van der Waals surface area contributed by atoms with Crippen molar-refractivity contribution >= 4 is 28.9 Å². The first-order valence-corrected chi connectivity index (χ1v) is 12.1. The third kappa shape index (κ3) is 4.67. The van der Waals surface area contributed by atoms with Crippen LogP contribution in [0.4, 0.5) is 0 Å². The third-order valence-corrected chi connectivity index (χ3v) is 6.88. The Labute approximate surface area is 206 Å². The van der Waals surface area contributed by atoms with Gasteiger partial charge in [0.05, 0.1) is 34.7 Å². The van der Waals surface area contributed by atoms with E-state index in [1.807, 2.05) is 72.4 Å². The van der Waals surface area contributed by atoms with Gasteiger partial charge in [0, 0.05) is 17.7 Å². The van der Waals surface area contributed by atoms with Gasteiger partial charge in [-0.3, -0.25) is 9.59 Å². The van der Waals surface area contributed by atoms with Crippen LogP contribution in [-0.2, 0) is 20.7 Å². The van der Waals surface area contributed by atoms with Crippen molar-refractivity contribution in [3.8, 4) is 5.69 Å². The predicted octanol–water partition coefficient (Wildman–Crippen LogP) is 4.61. The molecule has 0 fully saturated rings. The van der Waals surface area contributed by atoms with E-state index in [0.29, 0.717) is 12.2 Å². The van der Waals surface area contributed by atoms with Crippen LogP contribution in [0.5, 0.6) is 0 Å². The van der Waals surface area contributed by atoms with Crippen molar-refractivity contribution in [1.29, 1.82) is 0 Å². The van der Waals surface area contributed by atoms with Crippen molar-refractivity contribution in [2.75, 3.05) is 6.61 Å². The molecule has 0 saturated heterocycles. The molecule has 0 radical (unpaired) electrons. The van der Waals surface area contributed by atoms with Crippen LogP contribution in [0.15, 0.2) is 75.8 Å². The lowest BCUT2D eigenvalue weighted by atomic mass is 10.1. The maximum absolute atomic E-state index is 13.0. The molecular formula is C26H24N4O4S. The molecular weight excluding hydrogens is 464 g/mol. The number of ether oxygens (including phenoxy) is 1. The first-order chi connectivity index (χ1) is 17.0. The molecule has 9 heteroatoms. The van der Waals surface area contributed by atoms with Crippen LogP contribution in [0.1, 0.15) is 40.1 Å². The average Bonchev–Trinajstić information content (AvgIpc) is 3.67. The highest BCUT2D eigenvalue weighted by molar-refractivity contribution is 7.12. The number of furan rings is 1. The van der Waals surface area contributed by atoms with Gasteiger partial charge in [0.2, 0.25) is 0 Å². The van der Waals surface area contributed by atoms with E-state index in [1.54, 1.807) is 23.7 Å². The summed E-state index contributed by atoms with van der Waals surface area (Å²) >= 11 is 1.56. The number of carbonyl (C=O) groups excluding carboxylic acids is 2. The Bertz CT molecular complexity index is 1360. The summed E-state index contributed by atoms with van der Waals surface area (Å²) in [5.74, 6) is -0.257. The first kappa shape index (κ1) is 22.8. The van der Waals surface area contributed by atoms with E-state index < -0.39 is 18.5 Å². The molecule has 0 bridgehead atoms. The molecule has 4 heterocycles. The van der Waals surface area contributed by atoms with Crippen molar-refractivity contribution in [1.82, 2.24) is 14.8 Å². The van der Waals surface area contributed by atoms with Crippen LogP contribution >= 0.6 is 11.3 Å². The molecule has 0 N–H and O–H groups in total. The predicted molar refractivity (Wildman–Crippen MR) is 131 cm³/mol. The zero-order valence-corrected chi connectivity index (χ0v) is 20.2. The summed E-state index contributed by atoms with van der Waals surface area (Å²) in [5.41, 5.74) is 4.12. The van der Waals surface area contributed by atoms with Crippen molar-refractivity contribution in [3.63, 3.8) is 0 Å². The maximum Gasteiger partial charge on any atom is 0.310 e. The summed E-state index contributed by atoms with van der Waals surface area (Å²) in [6.45, 7) is 3.38. The Hall–Kier alpha value is -3.98. The van der Waals surface area contributed by atoms with E-state index in [2.05, 4.69) is 10.2 Å². The van der Waals surface area contributed by atoms with E-state index in [1.165, 1.54) is 5.01 Å². The number of thiophene rings is 1. The van der Waals surface area contributed by atoms with Crippen LogP contribution in [-0.4, -0.2) is 39.0 Å². The molecule has 178 valence electrons. The lowest BCUT2D eigenvalue weighted by Crippen LogP contribution is -2.31. The topological polar surface area (TPSA) is 89.9 Å². The highest BCUT2D eigenvalue weighted by Gasteiger charge is 2.35. The second kappa shape index (κ2) is 9.71. The minimum Gasteiger partial charge on any atom is -0.467 e. The Morgan fingerprint density at radius 2 is 1.94 bits per heavy atom. The van der Waals surface area contributed by atoms with Crippen molar-refractivity contribution < 1.29 is 18.7 Å². The molecule has 1 atom stereocenters. The lowest BCUT2D eigenvalue weighted by molar-refractivity contribution is -0.152. The van der Waals surface area contributed by atoms with Gasteiger partial charge in [0.1, 0.15) is 11.8 Å². The second-order valence-corrected chi connectivity index (χ2v) is 9.18. The molecule has 1 amide bonds. The number of hydrazone groups is 1. The molecule has 0 saturated carbocycles. The number of nitrogens with zero attached hydrogens (tertiary/aromatic N) is 4. The monoisotopic (exact) mass is 488 g/mol. The second-order valence-electron chi connectivity index (χ2n) is 8.23. The van der Waals surface area contributed by atoms with E-state index in [4.69, 9.17) is 9.15 Å². The number of aryl methyl sites for hydroxylation is 1. The normalized spacial score (nSPS) is 15.3. The van der Waals surface area contributed by atoms with Gasteiger partial charge in [0.15, 0.2) is 6.61 Å². The van der Waals surface area contributed by atoms with Gasteiger partial charge in [-0.1, -0.05) is 24.3 Å². The number of carbonyl (C=O) groups is 2. The highest BCUT2D eigenvalue weighted by Crippen LogP contribution is 2.34. The summed E-state index contributed by atoms with van der Waals surface area (Å²) in [7, 11) is 0. The van der Waals surface area contributed by atoms with Crippen LogP contribution in [0.2, 0.25) is 0 Å². The molecule has 0 spiro atoms. The van der Waals surface area contributed by atoms with Gasteiger partial charge in [-0.05, 0) is 49.6 Å². The summed E-state index contributed by atoms with van der Waals surface area (Å²) in [4.78, 5) is 26.7. The summed E-state index contributed by atoms with van der Waals surface area (Å²) in [6, 6.07) is 16.9. The Morgan fingerprint density at radius 3 is 2.66 bits per heavy atom. The fraction of sp³-hybridized carbons (Fsp3) is 0.231. The zero-order chi connectivity index (χ0) is 24.4. The van der Waals surface area contributed by atoms with Crippen molar-refractivity contribution in [2.24, 2.45) is 5.10 Å². The van der Waals surface area contributed by atoms with Crippen molar-refractivity contribution in [3.05, 3.63) is 93.8 Å². The van der Waals surface area contributed by atoms with E-state index in [9.17, 15) is 9.59 Å². The summed E-state index contributed by atoms with van der Waals surface area (Å²) in [6.07, 6.45) is 2.13. The lowest BCUT2D eigenvalue weighted by Gasteiger charge is -2.19. The number of hydrogen-bond acceptors (Lipinski definition) is 7. The molecule has 1 aliphatic heterocycles. The molecule has 1 aromatic carbocycles. The molecule has 3 aromatic heterocycles. The number of esters is 1. The summed E-state index contributed by atoms with van der Waals surface area (Å²) in [5, 5.41) is 12.4. The third-order valence-electron chi connectivity index (χ3n) is 5.96. The minimum atomic E-state index is -0.492. The Balaban J connectivity index is 1.27. The number of para-hydroxylation sites is 1. The number of aromatic nitrogens is 2. The quantitative estimate of drug-likeness (QED) is 0.355. The number of amides is 1. The highest BCUT2D eigenvalue weighted by atomic mass is 32.1. The van der Waals surface area contributed by atoms with Crippen LogP contribution in [0.25, 0.3) is 5.69 Å². The standard InChI is InChI=1S/C26H24N4O4S/c1-17-20(18(2)29(27-17)19-8-4-3-5-9-19)14-26(32)34-16-25(31)30-22(23-10-6-12-33-23)15-21(28-30)24-11-7-13-35-24/h3-13,22H,14-16H2,1-2H3. The van der Waals surface area contributed by atoms with Gasteiger partial charge in [-0.15, -0.1) is 11.3 Å². The van der Waals surface area contributed by atoms with Crippen LogP contribution < -0.4 is 0 Å². The maximum atomic E-state index is 13.0. The van der Waals surface area contributed by atoms with Gasteiger partial charge < -0.3 is 9.15 Å². The number of benzene rings is 1. The Morgan fingerprint density at radius 1 is 1.11 bits per heavy atom. The smallest absolute Gasteiger partial charge is 0.310 e. The van der Waals surface area contributed by atoms with E-state index in [0.717, 1.165) is 33.2 Å². The molecule has 35 heavy (non-hydrogen) atoms. The van der Waals surface area contributed by atoms with Gasteiger partial charge in [-0.2, -0.15) is 10.2 Å². The van der Waals surface area contributed by atoms with E-state index in [-0.39, 0.29) is 12.5 Å². The van der Waals surface area contributed by atoms with Gasteiger partial charge >= 0.3 is 5.97 Å². The molecule has 5 rings (SSSR count). The molecule has 1 unspecified atom stereocenters. The molecule has 0 aliphatic carbocycles. The van der Waals surface area contributed by atoms with Crippen LogP contribution in [0, 0.1) is 13.8 Å². The largest absolute Gasteiger partial charge is 0.467 e. The van der Waals surface area contributed by atoms with E-state index >= 15 is 0 Å². The molecule has 8 nitrogen and oxygen atoms in total. The fourth-order valence-corrected chi connectivity index (χ4v) is 4.91. The molecule has 1 aliphatic rings. The molecule has 4 aromatic rings. The number of rotatable bonds is 7. The minimum absolute atomic E-state index is 0.0309.